The third kappa shape index (κ3) is 3.77. The molecule has 1 aliphatic carbocycles. The summed E-state index contributed by atoms with van der Waals surface area (Å²) in [6.45, 7) is 2.66. The van der Waals surface area contributed by atoms with Gasteiger partial charge in [0, 0.05) is 12.7 Å². The van der Waals surface area contributed by atoms with E-state index in [0.717, 1.165) is 23.7 Å². The van der Waals surface area contributed by atoms with Crippen molar-refractivity contribution in [2.45, 2.75) is 38.2 Å². The maximum Gasteiger partial charge on any atom is 0.239 e. The number of rotatable bonds is 4. The lowest BCUT2D eigenvalue weighted by atomic mass is 9.79. The van der Waals surface area contributed by atoms with Crippen LogP contribution in [0, 0.1) is 5.92 Å². The summed E-state index contributed by atoms with van der Waals surface area (Å²) >= 11 is 3.38. The summed E-state index contributed by atoms with van der Waals surface area (Å²) in [5, 5.41) is 13.7. The fraction of sp³-hybridized carbons (Fsp3) is 0.667. The molecular formula is C12H20BrN5O. The maximum absolute atomic E-state index is 10.6. The Bertz CT molecular complexity index is 444. The van der Waals surface area contributed by atoms with E-state index in [-0.39, 0.29) is 0 Å². The number of anilines is 2. The molecule has 1 fully saturated rings. The van der Waals surface area contributed by atoms with Crippen LogP contribution in [0.1, 0.15) is 32.6 Å². The second-order valence-corrected chi connectivity index (χ2v) is 6.17. The maximum atomic E-state index is 10.6. The minimum atomic E-state index is -0.654. The summed E-state index contributed by atoms with van der Waals surface area (Å²) in [6, 6.07) is 0. The zero-order valence-electron chi connectivity index (χ0n) is 11.0. The summed E-state index contributed by atoms with van der Waals surface area (Å²) < 4.78 is 0.749. The van der Waals surface area contributed by atoms with Crippen LogP contribution in [0.5, 0.6) is 0 Å². The number of hydrogen-bond acceptors (Lipinski definition) is 6. The summed E-state index contributed by atoms with van der Waals surface area (Å²) in [5.41, 5.74) is 1.75. The highest BCUT2D eigenvalue weighted by molar-refractivity contribution is 9.10. The number of halogens is 1. The fourth-order valence-electron chi connectivity index (χ4n) is 2.60. The molecule has 7 heteroatoms. The number of aliphatic hydroxyl groups is 1. The van der Waals surface area contributed by atoms with Crippen LogP contribution in [-0.2, 0) is 0 Å². The van der Waals surface area contributed by atoms with Crippen LogP contribution in [0.15, 0.2) is 10.7 Å². The van der Waals surface area contributed by atoms with E-state index in [2.05, 4.69) is 43.6 Å². The van der Waals surface area contributed by atoms with Gasteiger partial charge in [0.2, 0.25) is 5.95 Å². The van der Waals surface area contributed by atoms with Gasteiger partial charge in [0.25, 0.3) is 0 Å². The average Bonchev–Trinajstić information content (AvgIpc) is 2.37. The van der Waals surface area contributed by atoms with Crippen molar-refractivity contribution in [2.75, 3.05) is 17.3 Å². The first-order valence-electron chi connectivity index (χ1n) is 6.48. The van der Waals surface area contributed by atoms with Crippen molar-refractivity contribution in [3.63, 3.8) is 0 Å². The molecule has 5 N–H and O–H groups in total. The number of hydrogen-bond donors (Lipinski definition) is 4. The van der Waals surface area contributed by atoms with Crippen molar-refractivity contribution in [3.05, 3.63) is 10.7 Å². The van der Waals surface area contributed by atoms with Crippen molar-refractivity contribution in [2.24, 2.45) is 11.8 Å². The molecule has 1 aromatic heterocycles. The second kappa shape index (κ2) is 6.02. The van der Waals surface area contributed by atoms with Gasteiger partial charge in [0.05, 0.1) is 10.1 Å². The van der Waals surface area contributed by atoms with Crippen LogP contribution in [-0.4, -0.2) is 27.2 Å². The van der Waals surface area contributed by atoms with Crippen LogP contribution in [0.2, 0.25) is 0 Å². The van der Waals surface area contributed by atoms with Gasteiger partial charge in [-0.15, -0.1) is 0 Å². The highest BCUT2D eigenvalue weighted by atomic mass is 79.9. The Morgan fingerprint density at radius 2 is 2.42 bits per heavy atom. The summed E-state index contributed by atoms with van der Waals surface area (Å²) in [7, 11) is 0. The van der Waals surface area contributed by atoms with E-state index in [4.69, 9.17) is 5.84 Å². The number of nitrogen functional groups attached to an aromatic ring is 1. The van der Waals surface area contributed by atoms with Crippen LogP contribution < -0.4 is 16.6 Å². The van der Waals surface area contributed by atoms with Crippen molar-refractivity contribution < 1.29 is 5.11 Å². The minimum Gasteiger partial charge on any atom is -0.388 e. The monoisotopic (exact) mass is 329 g/mol. The van der Waals surface area contributed by atoms with Gasteiger partial charge in [0.15, 0.2) is 0 Å². The van der Waals surface area contributed by atoms with Crippen molar-refractivity contribution >= 4 is 27.7 Å². The number of hydrazine groups is 1. The second-order valence-electron chi connectivity index (χ2n) is 5.31. The Labute approximate surface area is 121 Å². The molecule has 1 heterocycles. The standard InChI is InChI=1S/C12H20BrN5O/c1-8-3-2-4-12(19,5-8)7-16-10-9(13)6-15-11(17-10)18-14/h6,8,19H,2-5,7,14H2,1H3,(H2,15,16,17,18). The van der Waals surface area contributed by atoms with E-state index in [1.165, 1.54) is 6.42 Å². The first-order valence-corrected chi connectivity index (χ1v) is 7.27. The van der Waals surface area contributed by atoms with E-state index in [1.807, 2.05) is 0 Å². The Balaban J connectivity index is 2.01. The van der Waals surface area contributed by atoms with Crippen LogP contribution in [0.25, 0.3) is 0 Å². The molecule has 0 radical (unpaired) electrons. The van der Waals surface area contributed by atoms with Gasteiger partial charge in [-0.2, -0.15) is 4.98 Å². The first-order chi connectivity index (χ1) is 9.02. The quantitative estimate of drug-likeness (QED) is 0.497. The molecule has 0 bridgehead atoms. The molecule has 0 aromatic carbocycles. The molecule has 19 heavy (non-hydrogen) atoms. The van der Waals surface area contributed by atoms with Gasteiger partial charge in [-0.3, -0.25) is 5.43 Å². The molecule has 1 aliphatic rings. The summed E-state index contributed by atoms with van der Waals surface area (Å²) in [6.07, 6.45) is 5.54. The van der Waals surface area contributed by atoms with Crippen LogP contribution in [0.4, 0.5) is 11.8 Å². The zero-order chi connectivity index (χ0) is 13.9. The van der Waals surface area contributed by atoms with E-state index < -0.39 is 5.60 Å². The van der Waals surface area contributed by atoms with Crippen LogP contribution >= 0.6 is 15.9 Å². The lowest BCUT2D eigenvalue weighted by Crippen LogP contribution is -2.41. The highest BCUT2D eigenvalue weighted by Crippen LogP contribution is 2.32. The van der Waals surface area contributed by atoms with Crippen molar-refractivity contribution in [1.29, 1.82) is 0 Å². The lowest BCUT2D eigenvalue weighted by Gasteiger charge is -2.35. The Kier molecular flexibility index (Phi) is 4.59. The molecule has 0 amide bonds. The minimum absolute atomic E-state index is 0.342. The van der Waals surface area contributed by atoms with Crippen molar-refractivity contribution in [3.8, 4) is 0 Å². The van der Waals surface area contributed by atoms with Crippen LogP contribution in [0.3, 0.4) is 0 Å². The van der Waals surface area contributed by atoms with Crippen molar-refractivity contribution in [1.82, 2.24) is 9.97 Å². The molecule has 106 valence electrons. The lowest BCUT2D eigenvalue weighted by molar-refractivity contribution is -0.000837. The number of nitrogens with two attached hydrogens (primary N) is 1. The molecule has 2 atom stereocenters. The predicted octanol–water partition coefficient (Wildman–Crippen LogP) is 1.88. The highest BCUT2D eigenvalue weighted by Gasteiger charge is 2.32. The van der Waals surface area contributed by atoms with Gasteiger partial charge in [-0.05, 0) is 34.7 Å². The van der Waals surface area contributed by atoms with Gasteiger partial charge in [-0.25, -0.2) is 10.8 Å². The molecule has 2 rings (SSSR count). The Morgan fingerprint density at radius 3 is 3.11 bits per heavy atom. The van der Waals surface area contributed by atoms with E-state index >= 15 is 0 Å². The molecule has 6 nitrogen and oxygen atoms in total. The molecular weight excluding hydrogens is 310 g/mol. The smallest absolute Gasteiger partial charge is 0.239 e. The largest absolute Gasteiger partial charge is 0.388 e. The zero-order valence-corrected chi connectivity index (χ0v) is 12.6. The number of aromatic nitrogens is 2. The third-order valence-electron chi connectivity index (χ3n) is 3.53. The fourth-order valence-corrected chi connectivity index (χ4v) is 2.93. The SMILES string of the molecule is CC1CCCC(O)(CNc2nc(NN)ncc2Br)C1. The molecule has 2 unspecified atom stereocenters. The first kappa shape index (κ1) is 14.5. The van der Waals surface area contributed by atoms with E-state index in [0.29, 0.717) is 24.2 Å². The molecule has 1 aromatic rings. The van der Waals surface area contributed by atoms with E-state index in [1.54, 1.807) is 6.20 Å². The topological polar surface area (TPSA) is 96.1 Å². The Hall–Kier alpha value is -0.920. The van der Waals surface area contributed by atoms with Gasteiger partial charge >= 0.3 is 0 Å². The Morgan fingerprint density at radius 1 is 1.63 bits per heavy atom. The number of nitrogens with zero attached hydrogens (tertiary/aromatic N) is 2. The molecule has 0 aliphatic heterocycles. The van der Waals surface area contributed by atoms with Gasteiger partial charge in [-0.1, -0.05) is 19.8 Å². The number of nitrogens with one attached hydrogen (secondary N) is 2. The van der Waals surface area contributed by atoms with E-state index in [9.17, 15) is 5.11 Å². The normalized spacial score (nSPS) is 27.1. The molecule has 1 saturated carbocycles. The molecule has 0 spiro atoms. The summed E-state index contributed by atoms with van der Waals surface area (Å²) in [4.78, 5) is 8.19. The predicted molar refractivity (Wildman–Crippen MR) is 78.6 cm³/mol. The molecule has 0 saturated heterocycles. The summed E-state index contributed by atoms with van der Waals surface area (Å²) in [5.74, 6) is 6.83. The third-order valence-corrected chi connectivity index (χ3v) is 4.11. The van der Waals surface area contributed by atoms with Gasteiger partial charge in [0.1, 0.15) is 5.82 Å². The average molecular weight is 330 g/mol. The van der Waals surface area contributed by atoms with Gasteiger partial charge < -0.3 is 10.4 Å².